The summed E-state index contributed by atoms with van der Waals surface area (Å²) >= 11 is 6.05. The highest BCUT2D eigenvalue weighted by Crippen LogP contribution is 2.36. The molecule has 1 fully saturated rings. The third-order valence-electron chi connectivity index (χ3n) is 4.06. The number of rotatable bonds is 5. The first kappa shape index (κ1) is 14.5. The maximum Gasteiger partial charge on any atom is 0.135 e. The van der Waals surface area contributed by atoms with Crippen molar-refractivity contribution in [3.8, 4) is 0 Å². The standard InChI is InChI=1S/C14H23ClN4/c1-10(2)13-17-11(15)8-12(18-13)16-9-14(19(3)4)6-5-7-14/h8,10H,5-7,9H2,1-4H3,(H,16,17,18). The Morgan fingerprint density at radius 3 is 2.53 bits per heavy atom. The van der Waals surface area contributed by atoms with Crippen molar-refractivity contribution in [3.63, 3.8) is 0 Å². The predicted molar refractivity (Wildman–Crippen MR) is 79.9 cm³/mol. The molecule has 1 aromatic rings. The van der Waals surface area contributed by atoms with Gasteiger partial charge in [-0.15, -0.1) is 0 Å². The zero-order chi connectivity index (χ0) is 14.0. The van der Waals surface area contributed by atoms with Gasteiger partial charge in [-0.2, -0.15) is 0 Å². The lowest BCUT2D eigenvalue weighted by atomic mass is 9.75. The molecule has 2 rings (SSSR count). The highest BCUT2D eigenvalue weighted by molar-refractivity contribution is 6.29. The molecule has 0 bridgehead atoms. The van der Waals surface area contributed by atoms with Crippen molar-refractivity contribution in [3.05, 3.63) is 17.0 Å². The summed E-state index contributed by atoms with van der Waals surface area (Å²) in [5, 5.41) is 3.94. The fourth-order valence-electron chi connectivity index (χ4n) is 2.41. The van der Waals surface area contributed by atoms with Crippen LogP contribution in [0.2, 0.25) is 5.15 Å². The van der Waals surface area contributed by atoms with E-state index in [9.17, 15) is 0 Å². The number of likely N-dealkylation sites (N-methyl/N-ethyl adjacent to an activating group) is 1. The predicted octanol–water partition coefficient (Wildman–Crippen LogP) is 3.15. The van der Waals surface area contributed by atoms with Crippen molar-refractivity contribution in [2.45, 2.75) is 44.6 Å². The largest absolute Gasteiger partial charge is 0.368 e. The average molecular weight is 283 g/mol. The van der Waals surface area contributed by atoms with E-state index < -0.39 is 0 Å². The van der Waals surface area contributed by atoms with Crippen molar-refractivity contribution < 1.29 is 0 Å². The molecule has 1 N–H and O–H groups in total. The second-order valence-electron chi connectivity index (χ2n) is 5.91. The van der Waals surface area contributed by atoms with E-state index in [1.165, 1.54) is 19.3 Å². The van der Waals surface area contributed by atoms with E-state index in [4.69, 9.17) is 11.6 Å². The van der Waals surface area contributed by atoms with Crippen LogP contribution in [0, 0.1) is 0 Å². The van der Waals surface area contributed by atoms with Gasteiger partial charge in [0.1, 0.15) is 16.8 Å². The lowest BCUT2D eigenvalue weighted by molar-refractivity contribution is 0.0738. The van der Waals surface area contributed by atoms with Crippen LogP contribution in [0.5, 0.6) is 0 Å². The third kappa shape index (κ3) is 3.18. The van der Waals surface area contributed by atoms with Gasteiger partial charge in [-0.3, -0.25) is 0 Å². The summed E-state index contributed by atoms with van der Waals surface area (Å²) in [4.78, 5) is 11.1. The number of anilines is 1. The Kier molecular flexibility index (Phi) is 4.31. The van der Waals surface area contributed by atoms with Gasteiger partial charge in [0.25, 0.3) is 0 Å². The van der Waals surface area contributed by atoms with Crippen LogP contribution in [-0.4, -0.2) is 41.0 Å². The molecule has 0 amide bonds. The van der Waals surface area contributed by atoms with Crippen LogP contribution in [0.3, 0.4) is 0 Å². The fraction of sp³-hybridized carbons (Fsp3) is 0.714. The molecule has 0 saturated heterocycles. The molecular weight excluding hydrogens is 260 g/mol. The smallest absolute Gasteiger partial charge is 0.135 e. The first-order valence-corrected chi connectivity index (χ1v) is 7.26. The Morgan fingerprint density at radius 2 is 2.05 bits per heavy atom. The quantitative estimate of drug-likeness (QED) is 0.843. The van der Waals surface area contributed by atoms with Gasteiger partial charge in [-0.25, -0.2) is 9.97 Å². The molecule has 1 heterocycles. The van der Waals surface area contributed by atoms with E-state index in [2.05, 4.69) is 48.1 Å². The molecule has 4 nitrogen and oxygen atoms in total. The topological polar surface area (TPSA) is 41.1 Å². The van der Waals surface area contributed by atoms with Crippen LogP contribution in [0.4, 0.5) is 5.82 Å². The summed E-state index contributed by atoms with van der Waals surface area (Å²) in [5.41, 5.74) is 0.273. The second-order valence-corrected chi connectivity index (χ2v) is 6.30. The molecule has 0 aliphatic heterocycles. The molecule has 106 valence electrons. The zero-order valence-corrected chi connectivity index (χ0v) is 13.0. The summed E-state index contributed by atoms with van der Waals surface area (Å²) in [7, 11) is 4.29. The normalized spacial score (nSPS) is 17.6. The van der Waals surface area contributed by atoms with E-state index in [0.29, 0.717) is 5.15 Å². The number of hydrogen-bond acceptors (Lipinski definition) is 4. The molecular formula is C14H23ClN4. The van der Waals surface area contributed by atoms with Crippen LogP contribution < -0.4 is 5.32 Å². The molecule has 1 aromatic heterocycles. The summed E-state index contributed by atoms with van der Waals surface area (Å²) < 4.78 is 0. The Balaban J connectivity index is 2.07. The van der Waals surface area contributed by atoms with Gasteiger partial charge in [0.15, 0.2) is 0 Å². The highest BCUT2D eigenvalue weighted by atomic mass is 35.5. The van der Waals surface area contributed by atoms with Crippen molar-refractivity contribution in [2.24, 2.45) is 0 Å². The molecule has 19 heavy (non-hydrogen) atoms. The number of aromatic nitrogens is 2. The zero-order valence-electron chi connectivity index (χ0n) is 12.2. The molecule has 0 aromatic carbocycles. The Bertz CT molecular complexity index is 441. The van der Waals surface area contributed by atoms with Gasteiger partial charge in [-0.05, 0) is 33.4 Å². The average Bonchev–Trinajstić information content (AvgIpc) is 2.26. The summed E-state index contributed by atoms with van der Waals surface area (Å²) in [6.07, 6.45) is 3.79. The first-order chi connectivity index (χ1) is 8.93. The van der Waals surface area contributed by atoms with Crippen LogP contribution >= 0.6 is 11.6 Å². The van der Waals surface area contributed by atoms with Crippen molar-refractivity contribution >= 4 is 17.4 Å². The molecule has 0 atom stereocenters. The summed E-state index contributed by atoms with van der Waals surface area (Å²) in [5.74, 6) is 1.91. The van der Waals surface area contributed by atoms with Crippen molar-refractivity contribution in [1.82, 2.24) is 14.9 Å². The number of hydrogen-bond donors (Lipinski definition) is 1. The number of halogens is 1. The maximum atomic E-state index is 6.05. The van der Waals surface area contributed by atoms with Gasteiger partial charge in [0, 0.05) is 24.1 Å². The number of nitrogens with one attached hydrogen (secondary N) is 1. The first-order valence-electron chi connectivity index (χ1n) is 6.89. The van der Waals surface area contributed by atoms with E-state index in [-0.39, 0.29) is 11.5 Å². The monoisotopic (exact) mass is 282 g/mol. The summed E-state index contributed by atoms with van der Waals surface area (Å²) in [6.45, 7) is 5.05. The molecule has 0 spiro atoms. The fourth-order valence-corrected chi connectivity index (χ4v) is 2.60. The molecule has 5 heteroatoms. The van der Waals surface area contributed by atoms with Gasteiger partial charge in [0.05, 0.1) is 0 Å². The third-order valence-corrected chi connectivity index (χ3v) is 4.25. The SMILES string of the molecule is CC(C)c1nc(Cl)cc(NCC2(N(C)C)CCC2)n1. The number of nitrogens with zero attached hydrogens (tertiary/aromatic N) is 3. The van der Waals surface area contributed by atoms with Crippen molar-refractivity contribution in [2.75, 3.05) is 26.0 Å². The summed E-state index contributed by atoms with van der Waals surface area (Å²) in [6, 6.07) is 1.80. The molecule has 0 unspecified atom stereocenters. The Labute approximate surface area is 120 Å². The van der Waals surface area contributed by atoms with Gasteiger partial charge in [0.2, 0.25) is 0 Å². The second kappa shape index (κ2) is 5.63. The minimum atomic E-state index is 0.273. The van der Waals surface area contributed by atoms with Crippen LogP contribution in [0.25, 0.3) is 0 Å². The maximum absolute atomic E-state index is 6.05. The van der Waals surface area contributed by atoms with E-state index >= 15 is 0 Å². The minimum Gasteiger partial charge on any atom is -0.368 e. The molecule has 1 aliphatic rings. The molecule has 1 aliphatic carbocycles. The lowest BCUT2D eigenvalue weighted by Crippen LogP contribution is -2.54. The van der Waals surface area contributed by atoms with E-state index in [0.717, 1.165) is 18.2 Å². The van der Waals surface area contributed by atoms with Gasteiger partial charge < -0.3 is 10.2 Å². The van der Waals surface area contributed by atoms with E-state index in [1.807, 2.05) is 0 Å². The highest BCUT2D eigenvalue weighted by Gasteiger charge is 2.38. The molecule has 1 saturated carbocycles. The van der Waals surface area contributed by atoms with Crippen LogP contribution in [0.1, 0.15) is 44.9 Å². The molecule has 0 radical (unpaired) electrons. The minimum absolute atomic E-state index is 0.273. The van der Waals surface area contributed by atoms with Gasteiger partial charge >= 0.3 is 0 Å². The van der Waals surface area contributed by atoms with Crippen molar-refractivity contribution in [1.29, 1.82) is 0 Å². The van der Waals surface area contributed by atoms with E-state index in [1.54, 1.807) is 6.07 Å². The lowest BCUT2D eigenvalue weighted by Gasteiger charge is -2.47. The van der Waals surface area contributed by atoms with Crippen LogP contribution in [0.15, 0.2) is 6.07 Å². The Morgan fingerprint density at radius 1 is 1.37 bits per heavy atom. The van der Waals surface area contributed by atoms with Gasteiger partial charge in [-0.1, -0.05) is 25.4 Å². The Hall–Kier alpha value is -0.870. The van der Waals surface area contributed by atoms with Crippen LogP contribution in [-0.2, 0) is 0 Å².